The molecular formula is C30H52N2O2. The van der Waals surface area contributed by atoms with E-state index in [0.717, 1.165) is 31.7 Å². The van der Waals surface area contributed by atoms with E-state index in [0.29, 0.717) is 13.0 Å². The average molecular weight is 473 g/mol. The second kappa shape index (κ2) is 18.7. The molecule has 0 radical (unpaired) electrons. The van der Waals surface area contributed by atoms with Crippen molar-refractivity contribution in [3.63, 3.8) is 0 Å². The summed E-state index contributed by atoms with van der Waals surface area (Å²) < 4.78 is 5.04. The largest absolute Gasteiger partial charge is 0.466 e. The van der Waals surface area contributed by atoms with Crippen molar-refractivity contribution in [1.29, 1.82) is 0 Å². The lowest BCUT2D eigenvalue weighted by molar-refractivity contribution is -0.142. The molecular weight excluding hydrogens is 420 g/mol. The van der Waals surface area contributed by atoms with E-state index < -0.39 is 0 Å². The molecule has 0 atom stereocenters. The SMILES string of the molecule is CCCCCCCCCCCCCCCCN1CCN(c2ccc(CC(=O)OCC)cc2)CC1. The fraction of sp³-hybridized carbons (Fsp3) is 0.767. The highest BCUT2D eigenvalue weighted by molar-refractivity contribution is 5.72. The molecule has 1 aromatic carbocycles. The summed E-state index contributed by atoms with van der Waals surface area (Å²) in [6.07, 6.45) is 20.3. The maximum atomic E-state index is 11.6. The molecule has 1 heterocycles. The van der Waals surface area contributed by atoms with Crippen LogP contribution in [0.3, 0.4) is 0 Å². The molecule has 1 aliphatic rings. The van der Waals surface area contributed by atoms with Crippen molar-refractivity contribution >= 4 is 11.7 Å². The molecule has 0 aliphatic carbocycles. The lowest BCUT2D eigenvalue weighted by Crippen LogP contribution is -2.46. The van der Waals surface area contributed by atoms with Gasteiger partial charge in [-0.1, -0.05) is 103 Å². The van der Waals surface area contributed by atoms with Gasteiger partial charge >= 0.3 is 5.97 Å². The number of unbranched alkanes of at least 4 members (excludes halogenated alkanes) is 13. The molecule has 0 N–H and O–H groups in total. The van der Waals surface area contributed by atoms with Crippen molar-refractivity contribution in [3.8, 4) is 0 Å². The molecule has 34 heavy (non-hydrogen) atoms. The molecule has 194 valence electrons. The minimum Gasteiger partial charge on any atom is -0.466 e. The van der Waals surface area contributed by atoms with Crippen LogP contribution in [0.4, 0.5) is 5.69 Å². The number of esters is 1. The van der Waals surface area contributed by atoms with Crippen LogP contribution in [-0.2, 0) is 16.0 Å². The van der Waals surface area contributed by atoms with Crippen LogP contribution in [0.25, 0.3) is 0 Å². The Hall–Kier alpha value is -1.55. The zero-order valence-electron chi connectivity index (χ0n) is 22.4. The molecule has 1 fully saturated rings. The second-order valence-corrected chi connectivity index (χ2v) is 10.1. The molecule has 1 aromatic rings. The molecule has 4 nitrogen and oxygen atoms in total. The maximum Gasteiger partial charge on any atom is 0.310 e. The topological polar surface area (TPSA) is 32.8 Å². The maximum absolute atomic E-state index is 11.6. The summed E-state index contributed by atoms with van der Waals surface area (Å²) in [5.41, 5.74) is 2.29. The minimum atomic E-state index is -0.146. The van der Waals surface area contributed by atoms with Crippen molar-refractivity contribution in [2.75, 3.05) is 44.2 Å². The van der Waals surface area contributed by atoms with Gasteiger partial charge in [-0.25, -0.2) is 0 Å². The van der Waals surface area contributed by atoms with Gasteiger partial charge in [-0.3, -0.25) is 9.69 Å². The predicted octanol–water partition coefficient (Wildman–Crippen LogP) is 7.40. The normalized spacial score (nSPS) is 14.5. The van der Waals surface area contributed by atoms with Crippen molar-refractivity contribution in [3.05, 3.63) is 29.8 Å². The highest BCUT2D eigenvalue weighted by Gasteiger charge is 2.17. The second-order valence-electron chi connectivity index (χ2n) is 10.1. The Morgan fingerprint density at radius 2 is 1.21 bits per heavy atom. The first kappa shape index (κ1) is 28.7. The van der Waals surface area contributed by atoms with E-state index in [1.807, 2.05) is 6.92 Å². The van der Waals surface area contributed by atoms with E-state index in [9.17, 15) is 4.79 Å². The van der Waals surface area contributed by atoms with Gasteiger partial charge in [0.15, 0.2) is 0 Å². The number of anilines is 1. The molecule has 4 heteroatoms. The Bertz CT molecular complexity index is 623. The smallest absolute Gasteiger partial charge is 0.310 e. The molecule has 0 spiro atoms. The van der Waals surface area contributed by atoms with E-state index >= 15 is 0 Å². The highest BCUT2D eigenvalue weighted by atomic mass is 16.5. The predicted molar refractivity (Wildman–Crippen MR) is 146 cm³/mol. The molecule has 0 saturated carbocycles. The molecule has 0 unspecified atom stereocenters. The third kappa shape index (κ3) is 12.8. The molecule has 1 saturated heterocycles. The van der Waals surface area contributed by atoms with Gasteiger partial charge in [0.2, 0.25) is 0 Å². The summed E-state index contributed by atoms with van der Waals surface area (Å²) >= 11 is 0. The fourth-order valence-corrected chi connectivity index (χ4v) is 4.96. The quantitative estimate of drug-likeness (QED) is 0.155. The van der Waals surface area contributed by atoms with Crippen LogP contribution in [0.15, 0.2) is 24.3 Å². The van der Waals surface area contributed by atoms with Crippen LogP contribution in [0.5, 0.6) is 0 Å². The van der Waals surface area contributed by atoms with Crippen LogP contribution in [0.2, 0.25) is 0 Å². The Labute approximate surface area is 210 Å². The summed E-state index contributed by atoms with van der Waals surface area (Å²) in [6, 6.07) is 8.43. The number of hydrogen-bond acceptors (Lipinski definition) is 4. The van der Waals surface area contributed by atoms with E-state index in [2.05, 4.69) is 41.0 Å². The van der Waals surface area contributed by atoms with Crippen molar-refractivity contribution in [2.24, 2.45) is 0 Å². The zero-order valence-corrected chi connectivity index (χ0v) is 22.4. The Balaban J connectivity index is 1.43. The number of carbonyl (C=O) groups excluding carboxylic acids is 1. The number of benzene rings is 1. The Kier molecular flexibility index (Phi) is 15.8. The molecule has 0 amide bonds. The first-order valence-electron chi connectivity index (χ1n) is 14.4. The third-order valence-electron chi connectivity index (χ3n) is 7.16. The summed E-state index contributed by atoms with van der Waals surface area (Å²) in [4.78, 5) is 16.7. The summed E-state index contributed by atoms with van der Waals surface area (Å²) in [7, 11) is 0. The van der Waals surface area contributed by atoms with Gasteiger partial charge in [-0.2, -0.15) is 0 Å². The fourth-order valence-electron chi connectivity index (χ4n) is 4.96. The number of nitrogens with zero attached hydrogens (tertiary/aromatic N) is 2. The average Bonchev–Trinajstić information content (AvgIpc) is 2.85. The number of carbonyl (C=O) groups is 1. The van der Waals surface area contributed by atoms with Crippen molar-refractivity contribution < 1.29 is 9.53 Å². The lowest BCUT2D eigenvalue weighted by atomic mass is 10.0. The minimum absolute atomic E-state index is 0.146. The van der Waals surface area contributed by atoms with Gasteiger partial charge < -0.3 is 9.64 Å². The van der Waals surface area contributed by atoms with Crippen molar-refractivity contribution in [1.82, 2.24) is 4.90 Å². The highest BCUT2D eigenvalue weighted by Crippen LogP contribution is 2.18. The summed E-state index contributed by atoms with van der Waals surface area (Å²) in [6.45, 7) is 10.3. The Morgan fingerprint density at radius 3 is 1.71 bits per heavy atom. The zero-order chi connectivity index (χ0) is 24.3. The molecule has 1 aliphatic heterocycles. The van der Waals surface area contributed by atoms with E-state index in [4.69, 9.17) is 4.74 Å². The first-order valence-corrected chi connectivity index (χ1v) is 14.4. The van der Waals surface area contributed by atoms with Crippen LogP contribution in [0.1, 0.15) is 109 Å². The number of piperazine rings is 1. The van der Waals surface area contributed by atoms with Gasteiger partial charge in [0.05, 0.1) is 13.0 Å². The van der Waals surface area contributed by atoms with Crippen LogP contribution >= 0.6 is 0 Å². The van der Waals surface area contributed by atoms with E-state index in [1.165, 1.54) is 102 Å². The van der Waals surface area contributed by atoms with Gasteiger partial charge in [0.25, 0.3) is 0 Å². The monoisotopic (exact) mass is 472 g/mol. The summed E-state index contributed by atoms with van der Waals surface area (Å²) in [5.74, 6) is -0.146. The lowest BCUT2D eigenvalue weighted by Gasteiger charge is -2.36. The molecule has 0 aromatic heterocycles. The van der Waals surface area contributed by atoms with Gasteiger partial charge in [0.1, 0.15) is 0 Å². The number of rotatable bonds is 19. The van der Waals surface area contributed by atoms with Crippen LogP contribution in [0, 0.1) is 0 Å². The van der Waals surface area contributed by atoms with Gasteiger partial charge in [0, 0.05) is 31.9 Å². The first-order chi connectivity index (χ1) is 16.7. The third-order valence-corrected chi connectivity index (χ3v) is 7.16. The van der Waals surface area contributed by atoms with Crippen LogP contribution < -0.4 is 4.90 Å². The number of hydrogen-bond donors (Lipinski definition) is 0. The van der Waals surface area contributed by atoms with E-state index in [1.54, 1.807) is 0 Å². The standard InChI is InChI=1S/C30H52N2O2/c1-3-5-6-7-8-9-10-11-12-13-14-15-16-17-22-31-23-25-32(26-24-31)29-20-18-28(19-21-29)27-30(33)34-4-2/h18-21H,3-17,22-27H2,1-2H3. The van der Waals surface area contributed by atoms with Crippen molar-refractivity contribution in [2.45, 2.75) is 110 Å². The van der Waals surface area contributed by atoms with E-state index in [-0.39, 0.29) is 5.97 Å². The van der Waals surface area contributed by atoms with Crippen LogP contribution in [-0.4, -0.2) is 50.2 Å². The number of ether oxygens (including phenoxy) is 1. The van der Waals surface area contributed by atoms with Gasteiger partial charge in [-0.15, -0.1) is 0 Å². The summed E-state index contributed by atoms with van der Waals surface area (Å²) in [5, 5.41) is 0. The molecule has 2 rings (SSSR count). The Morgan fingerprint density at radius 1 is 0.706 bits per heavy atom. The van der Waals surface area contributed by atoms with Gasteiger partial charge in [-0.05, 0) is 37.6 Å². The molecule has 0 bridgehead atoms.